The van der Waals surface area contributed by atoms with E-state index in [-0.39, 0.29) is 27.8 Å². The third kappa shape index (κ3) is 9.89. The lowest BCUT2D eigenvalue weighted by atomic mass is 9.81. The molecule has 0 amide bonds. The highest BCUT2D eigenvalue weighted by Crippen LogP contribution is 2.49. The molecule has 0 saturated heterocycles. The highest BCUT2D eigenvalue weighted by molar-refractivity contribution is 8.03. The number of para-hydroxylation sites is 2. The molecule has 0 unspecified atom stereocenters. The average Bonchev–Trinajstić information content (AvgIpc) is 3.51. The second-order valence-corrected chi connectivity index (χ2v) is 21.0. The number of nitrogens with zero attached hydrogens (tertiary/aromatic N) is 2. The predicted octanol–water partition coefficient (Wildman–Crippen LogP) is 12.5. The molecule has 8 heteroatoms. The van der Waals surface area contributed by atoms with Gasteiger partial charge in [0, 0.05) is 69.3 Å². The number of anilines is 1. The molecule has 0 aromatic heterocycles. The zero-order valence-corrected chi connectivity index (χ0v) is 37.5. The van der Waals surface area contributed by atoms with Crippen molar-refractivity contribution in [2.24, 2.45) is 5.41 Å². The maximum absolute atomic E-state index is 13.1. The van der Waals surface area contributed by atoms with Gasteiger partial charge in [0.2, 0.25) is 5.69 Å². The minimum Gasteiger partial charge on any atom is -0.344 e. The molecular formula is C50H63N2O4S2+. The monoisotopic (exact) mass is 819 g/mol. The van der Waals surface area contributed by atoms with Crippen LogP contribution in [0.25, 0.3) is 0 Å². The van der Waals surface area contributed by atoms with Gasteiger partial charge < -0.3 is 4.90 Å². The summed E-state index contributed by atoms with van der Waals surface area (Å²) in [6, 6.07) is 25.5. The minimum atomic E-state index is -4.01. The van der Waals surface area contributed by atoms with E-state index < -0.39 is 10.1 Å². The molecule has 308 valence electrons. The number of carbonyl (C=O) groups is 1. The van der Waals surface area contributed by atoms with Gasteiger partial charge in [0.05, 0.1) is 11.2 Å². The zero-order chi connectivity index (χ0) is 41.9. The number of hydrogen-bond acceptors (Lipinski definition) is 5. The highest BCUT2D eigenvalue weighted by Gasteiger charge is 2.44. The molecule has 6 rings (SSSR count). The van der Waals surface area contributed by atoms with Crippen molar-refractivity contribution in [3.63, 3.8) is 0 Å². The van der Waals surface area contributed by atoms with Gasteiger partial charge in [-0.1, -0.05) is 120 Å². The summed E-state index contributed by atoms with van der Waals surface area (Å²) in [5.41, 5.74) is 10.5. The average molecular weight is 820 g/mol. The molecule has 2 aliphatic heterocycles. The van der Waals surface area contributed by atoms with Crippen molar-refractivity contribution in [3.05, 3.63) is 136 Å². The molecule has 2 heterocycles. The van der Waals surface area contributed by atoms with Gasteiger partial charge in [0.1, 0.15) is 6.54 Å². The van der Waals surface area contributed by atoms with Crippen LogP contribution in [-0.2, 0) is 20.9 Å². The Hall–Kier alpha value is -3.98. The van der Waals surface area contributed by atoms with Crippen LogP contribution in [0.4, 0.5) is 11.4 Å². The maximum Gasteiger partial charge on any atom is 0.264 e. The number of thioether (sulfide) groups is 1. The molecule has 0 radical (unpaired) electrons. The molecule has 1 aliphatic carbocycles. The summed E-state index contributed by atoms with van der Waals surface area (Å²) in [5, 5.41) is 0. The summed E-state index contributed by atoms with van der Waals surface area (Å²) in [6.45, 7) is 19.4. The maximum atomic E-state index is 13.1. The SMILES string of the molecule is CCCCN1/C(=C/C=C2\CCCC(/C=C/C3=[N+](CCCCS(=O)(=O)O)c4ccccc4C3(C)C)=C2Sc2ccc(C(=O)CC(C)(C)C)cc2)C(C)(C)c2ccccc21. The summed E-state index contributed by atoms with van der Waals surface area (Å²) >= 11 is 1.79. The van der Waals surface area contributed by atoms with Crippen LogP contribution >= 0.6 is 11.8 Å². The first-order valence-corrected chi connectivity index (χ1v) is 23.5. The fraction of sp³-hybridized carbons (Fsp3) is 0.440. The normalized spacial score (nSPS) is 19.2. The van der Waals surface area contributed by atoms with E-state index in [4.69, 9.17) is 0 Å². The van der Waals surface area contributed by atoms with Gasteiger partial charge in [0.25, 0.3) is 10.1 Å². The van der Waals surface area contributed by atoms with Crippen molar-refractivity contribution in [2.45, 2.75) is 122 Å². The molecule has 6 nitrogen and oxygen atoms in total. The third-order valence-electron chi connectivity index (χ3n) is 11.8. The number of carbonyl (C=O) groups excluding carboxylic acids is 1. The molecule has 0 atom stereocenters. The molecule has 3 aliphatic rings. The fourth-order valence-corrected chi connectivity index (χ4v) is 10.4. The Labute approximate surface area is 352 Å². The minimum absolute atomic E-state index is 0.0723. The lowest BCUT2D eigenvalue weighted by Gasteiger charge is -2.27. The van der Waals surface area contributed by atoms with Crippen LogP contribution in [0.3, 0.4) is 0 Å². The summed E-state index contributed by atoms with van der Waals surface area (Å²) in [7, 11) is -4.01. The smallest absolute Gasteiger partial charge is 0.264 e. The van der Waals surface area contributed by atoms with Gasteiger partial charge in [0.15, 0.2) is 11.5 Å². The van der Waals surface area contributed by atoms with Gasteiger partial charge in [-0.25, -0.2) is 0 Å². The summed E-state index contributed by atoms with van der Waals surface area (Å²) in [4.78, 5) is 18.0. The Bertz CT molecular complexity index is 2280. The Balaban J connectivity index is 1.42. The largest absolute Gasteiger partial charge is 0.344 e. The van der Waals surface area contributed by atoms with Gasteiger partial charge >= 0.3 is 0 Å². The van der Waals surface area contributed by atoms with Crippen LogP contribution < -0.4 is 4.90 Å². The van der Waals surface area contributed by atoms with Crippen LogP contribution in [0.5, 0.6) is 0 Å². The zero-order valence-electron chi connectivity index (χ0n) is 35.9. The van der Waals surface area contributed by atoms with Crippen molar-refractivity contribution < 1.29 is 22.3 Å². The first-order chi connectivity index (χ1) is 27.4. The number of allylic oxidation sites excluding steroid dienone is 7. The van der Waals surface area contributed by atoms with Crippen molar-refractivity contribution in [1.29, 1.82) is 0 Å². The number of fused-ring (bicyclic) bond motifs is 2. The molecule has 0 spiro atoms. The fourth-order valence-electron chi connectivity index (χ4n) is 8.76. The van der Waals surface area contributed by atoms with Gasteiger partial charge in [-0.05, 0) is 92.4 Å². The molecule has 0 bridgehead atoms. The van der Waals surface area contributed by atoms with Crippen LogP contribution in [-0.4, -0.2) is 47.9 Å². The number of Topliss-reactive ketones (excluding diaryl/α,β-unsaturated/α-hetero) is 1. The van der Waals surface area contributed by atoms with Gasteiger partial charge in [-0.3, -0.25) is 9.35 Å². The lowest BCUT2D eigenvalue weighted by molar-refractivity contribution is -0.438. The molecule has 3 aromatic carbocycles. The number of unbranched alkanes of at least 4 members (excludes halogenated alkanes) is 2. The number of ketones is 1. The highest BCUT2D eigenvalue weighted by atomic mass is 32.2. The summed E-state index contributed by atoms with van der Waals surface area (Å²) < 4.78 is 34.7. The summed E-state index contributed by atoms with van der Waals surface area (Å²) in [5.74, 6) is -0.0643. The molecule has 3 aromatic rings. The predicted molar refractivity (Wildman–Crippen MR) is 244 cm³/mol. The van der Waals surface area contributed by atoms with Crippen LogP contribution in [0.15, 0.2) is 124 Å². The van der Waals surface area contributed by atoms with Crippen molar-refractivity contribution in [3.8, 4) is 0 Å². The Kier molecular flexibility index (Phi) is 13.3. The Morgan fingerprint density at radius 3 is 2.24 bits per heavy atom. The molecule has 58 heavy (non-hydrogen) atoms. The number of rotatable bonds is 15. The Morgan fingerprint density at radius 1 is 0.862 bits per heavy atom. The molecule has 1 N–H and O–H groups in total. The molecule has 0 saturated carbocycles. The third-order valence-corrected chi connectivity index (χ3v) is 13.9. The van der Waals surface area contributed by atoms with E-state index in [1.54, 1.807) is 11.8 Å². The lowest BCUT2D eigenvalue weighted by Crippen LogP contribution is -2.28. The second kappa shape index (κ2) is 17.7. The van der Waals surface area contributed by atoms with E-state index >= 15 is 0 Å². The van der Waals surface area contributed by atoms with E-state index in [2.05, 4.69) is 150 Å². The first kappa shape index (κ1) is 43.6. The second-order valence-electron chi connectivity index (χ2n) is 18.4. The summed E-state index contributed by atoms with van der Waals surface area (Å²) in [6.07, 6.45) is 16.1. The molecule has 0 fully saturated rings. The molecular weight excluding hydrogens is 757 g/mol. The van der Waals surface area contributed by atoms with E-state index in [0.717, 1.165) is 54.8 Å². The van der Waals surface area contributed by atoms with Crippen molar-refractivity contribution in [1.82, 2.24) is 0 Å². The standard InChI is InChI=1S/C50H62N2O4S2/c1-9-10-32-51-42-22-13-11-20-40(42)49(5,6)45(51)30-26-37-18-17-19-38(47(37)57-39-28-24-36(25-29-39)44(53)35-48(2,3)4)27-31-46-50(7,8)41-21-12-14-23-43(41)52(46)33-15-16-34-58(54,55)56/h11-14,20-31H,9-10,15-19,32-35H2,1-8H3/p+1. The topological polar surface area (TPSA) is 77.7 Å². The van der Waals surface area contributed by atoms with E-state index in [0.29, 0.717) is 25.8 Å². The first-order valence-electron chi connectivity index (χ1n) is 21.1. The van der Waals surface area contributed by atoms with E-state index in [9.17, 15) is 17.8 Å². The van der Waals surface area contributed by atoms with Crippen LogP contribution in [0, 0.1) is 5.41 Å². The van der Waals surface area contributed by atoms with E-state index in [1.807, 2.05) is 12.1 Å². The number of hydrogen-bond donors (Lipinski definition) is 1. The quantitative estimate of drug-likeness (QED) is 0.0712. The van der Waals surface area contributed by atoms with Crippen molar-refractivity contribution in [2.75, 3.05) is 23.7 Å². The van der Waals surface area contributed by atoms with Gasteiger partial charge in [-0.15, -0.1) is 0 Å². The van der Waals surface area contributed by atoms with Crippen LogP contribution in [0.2, 0.25) is 0 Å². The van der Waals surface area contributed by atoms with Crippen LogP contribution in [0.1, 0.15) is 128 Å². The number of benzene rings is 3. The van der Waals surface area contributed by atoms with Crippen molar-refractivity contribution >= 4 is 44.7 Å². The van der Waals surface area contributed by atoms with E-state index in [1.165, 1.54) is 44.3 Å². The Morgan fingerprint density at radius 2 is 1.55 bits per heavy atom. The van der Waals surface area contributed by atoms with Gasteiger partial charge in [-0.2, -0.15) is 13.0 Å².